The second kappa shape index (κ2) is 9.57. The van der Waals surface area contributed by atoms with Gasteiger partial charge in [0.2, 0.25) is 5.91 Å². The summed E-state index contributed by atoms with van der Waals surface area (Å²) in [6, 6.07) is 4.17. The molecular formula is C18H29N3O. The zero-order chi connectivity index (χ0) is 15.6. The maximum Gasteiger partial charge on any atom is 0.221 e. The van der Waals surface area contributed by atoms with Gasteiger partial charge >= 0.3 is 0 Å². The first-order valence-electron chi connectivity index (χ1n) is 8.64. The second-order valence-electron chi connectivity index (χ2n) is 6.39. The summed E-state index contributed by atoms with van der Waals surface area (Å²) >= 11 is 0. The lowest BCUT2D eigenvalue weighted by molar-refractivity contribution is -0.122. The molecule has 1 amide bonds. The minimum absolute atomic E-state index is 0.169. The molecule has 0 radical (unpaired) electrons. The van der Waals surface area contributed by atoms with E-state index in [1.54, 1.807) is 12.4 Å². The van der Waals surface area contributed by atoms with E-state index in [2.05, 4.69) is 22.1 Å². The molecule has 1 fully saturated rings. The molecule has 4 heteroatoms. The molecule has 1 saturated heterocycles. The minimum atomic E-state index is 0.169. The van der Waals surface area contributed by atoms with Crippen LogP contribution in [-0.2, 0) is 11.2 Å². The molecule has 2 heterocycles. The van der Waals surface area contributed by atoms with Crippen molar-refractivity contribution < 1.29 is 4.79 Å². The Labute approximate surface area is 134 Å². The van der Waals surface area contributed by atoms with Gasteiger partial charge in [0, 0.05) is 31.4 Å². The van der Waals surface area contributed by atoms with Crippen LogP contribution in [-0.4, -0.2) is 41.5 Å². The van der Waals surface area contributed by atoms with E-state index in [1.165, 1.54) is 37.7 Å². The lowest BCUT2D eigenvalue weighted by Gasteiger charge is -2.24. The topological polar surface area (TPSA) is 45.2 Å². The number of aromatic nitrogens is 1. The molecule has 0 unspecified atom stereocenters. The minimum Gasteiger partial charge on any atom is -0.353 e. The summed E-state index contributed by atoms with van der Waals surface area (Å²) in [4.78, 5) is 18.6. The summed E-state index contributed by atoms with van der Waals surface area (Å²) in [7, 11) is 0. The Morgan fingerprint density at radius 1 is 1.18 bits per heavy atom. The Kier molecular flexibility index (Phi) is 7.37. The molecule has 122 valence electrons. The van der Waals surface area contributed by atoms with Gasteiger partial charge in [-0.05, 0) is 57.0 Å². The summed E-state index contributed by atoms with van der Waals surface area (Å²) in [5.74, 6) is 0.170. The molecule has 1 aromatic heterocycles. The van der Waals surface area contributed by atoms with E-state index in [9.17, 15) is 4.79 Å². The zero-order valence-corrected chi connectivity index (χ0v) is 13.8. The Bertz CT molecular complexity index is 427. The first-order chi connectivity index (χ1) is 10.7. The maximum atomic E-state index is 12.1. The van der Waals surface area contributed by atoms with E-state index < -0.39 is 0 Å². The highest BCUT2D eigenvalue weighted by atomic mass is 16.1. The molecule has 2 rings (SSSR count). The van der Waals surface area contributed by atoms with Crippen molar-refractivity contribution in [1.82, 2.24) is 15.2 Å². The molecule has 0 aliphatic carbocycles. The van der Waals surface area contributed by atoms with Crippen molar-refractivity contribution >= 4 is 5.91 Å². The third-order valence-corrected chi connectivity index (χ3v) is 4.30. The fraction of sp³-hybridized carbons (Fsp3) is 0.667. The van der Waals surface area contributed by atoms with Gasteiger partial charge in [0.1, 0.15) is 0 Å². The van der Waals surface area contributed by atoms with Crippen LogP contribution in [0.4, 0.5) is 0 Å². The van der Waals surface area contributed by atoms with Crippen LogP contribution in [0, 0.1) is 0 Å². The van der Waals surface area contributed by atoms with Crippen molar-refractivity contribution in [3.63, 3.8) is 0 Å². The lowest BCUT2D eigenvalue weighted by Crippen LogP contribution is -2.37. The van der Waals surface area contributed by atoms with Gasteiger partial charge in [-0.2, -0.15) is 0 Å². The van der Waals surface area contributed by atoms with Crippen molar-refractivity contribution in [2.75, 3.05) is 19.6 Å². The third kappa shape index (κ3) is 6.56. The van der Waals surface area contributed by atoms with Gasteiger partial charge in [-0.15, -0.1) is 0 Å². The van der Waals surface area contributed by atoms with Crippen molar-refractivity contribution in [2.24, 2.45) is 0 Å². The third-order valence-electron chi connectivity index (χ3n) is 4.30. The number of hydrogen-bond donors (Lipinski definition) is 1. The summed E-state index contributed by atoms with van der Waals surface area (Å²) in [5.41, 5.74) is 1.21. The normalized spacial score (nSPS) is 18.2. The number of pyridine rings is 1. The number of rotatable bonds is 6. The van der Waals surface area contributed by atoms with Gasteiger partial charge in [0.15, 0.2) is 0 Å². The number of nitrogens with zero attached hydrogens (tertiary/aromatic N) is 2. The molecule has 4 nitrogen and oxygen atoms in total. The average molecular weight is 303 g/mol. The standard InChI is InChI=1S/C18H29N3O/c1-16(15-17-7-10-19-11-8-17)20-18(22)9-14-21-12-5-3-2-4-6-13-21/h7-8,10-11,16H,2-6,9,12-15H2,1H3,(H,20,22)/t16-/m0/s1. The van der Waals surface area contributed by atoms with Gasteiger partial charge in [-0.1, -0.05) is 19.3 Å². The van der Waals surface area contributed by atoms with Crippen LogP contribution in [0.25, 0.3) is 0 Å². The van der Waals surface area contributed by atoms with E-state index in [1.807, 2.05) is 12.1 Å². The monoisotopic (exact) mass is 303 g/mol. The zero-order valence-electron chi connectivity index (χ0n) is 13.8. The van der Waals surface area contributed by atoms with Crippen molar-refractivity contribution in [2.45, 2.75) is 57.9 Å². The van der Waals surface area contributed by atoms with Gasteiger partial charge in [0.25, 0.3) is 0 Å². The Balaban J connectivity index is 1.66. The second-order valence-corrected chi connectivity index (χ2v) is 6.39. The van der Waals surface area contributed by atoms with E-state index in [4.69, 9.17) is 0 Å². The van der Waals surface area contributed by atoms with Crippen molar-refractivity contribution in [3.05, 3.63) is 30.1 Å². The molecule has 1 N–H and O–H groups in total. The average Bonchev–Trinajstić information content (AvgIpc) is 2.47. The van der Waals surface area contributed by atoms with Gasteiger partial charge in [0.05, 0.1) is 0 Å². The number of hydrogen-bond acceptors (Lipinski definition) is 3. The fourth-order valence-electron chi connectivity index (χ4n) is 3.07. The summed E-state index contributed by atoms with van der Waals surface area (Å²) in [5, 5.41) is 3.11. The van der Waals surface area contributed by atoms with E-state index in [0.717, 1.165) is 26.1 Å². The predicted octanol–water partition coefficient (Wildman–Crippen LogP) is 2.79. The number of carbonyl (C=O) groups is 1. The molecule has 1 aromatic rings. The lowest BCUT2D eigenvalue weighted by atomic mass is 10.1. The molecule has 22 heavy (non-hydrogen) atoms. The van der Waals surface area contributed by atoms with Crippen LogP contribution in [0.15, 0.2) is 24.5 Å². The highest BCUT2D eigenvalue weighted by molar-refractivity contribution is 5.76. The number of nitrogens with one attached hydrogen (secondary N) is 1. The molecule has 0 spiro atoms. The largest absolute Gasteiger partial charge is 0.353 e. The number of likely N-dealkylation sites (tertiary alicyclic amines) is 1. The molecule has 0 bridgehead atoms. The van der Waals surface area contributed by atoms with Crippen LogP contribution in [0.2, 0.25) is 0 Å². The van der Waals surface area contributed by atoms with E-state index in [0.29, 0.717) is 6.42 Å². The Morgan fingerprint density at radius 3 is 2.50 bits per heavy atom. The van der Waals surface area contributed by atoms with E-state index in [-0.39, 0.29) is 11.9 Å². The van der Waals surface area contributed by atoms with Crippen LogP contribution >= 0.6 is 0 Å². The van der Waals surface area contributed by atoms with Crippen LogP contribution in [0.5, 0.6) is 0 Å². The first-order valence-corrected chi connectivity index (χ1v) is 8.64. The van der Waals surface area contributed by atoms with Gasteiger partial charge in [-0.3, -0.25) is 9.78 Å². The van der Waals surface area contributed by atoms with Crippen LogP contribution < -0.4 is 5.32 Å². The highest BCUT2D eigenvalue weighted by Crippen LogP contribution is 2.10. The van der Waals surface area contributed by atoms with Gasteiger partial charge in [-0.25, -0.2) is 0 Å². The van der Waals surface area contributed by atoms with Crippen molar-refractivity contribution in [1.29, 1.82) is 0 Å². The van der Waals surface area contributed by atoms with Crippen LogP contribution in [0.1, 0.15) is 51.0 Å². The number of amides is 1. The van der Waals surface area contributed by atoms with Gasteiger partial charge < -0.3 is 10.2 Å². The molecule has 1 atom stereocenters. The molecule has 0 aromatic carbocycles. The predicted molar refractivity (Wildman–Crippen MR) is 89.7 cm³/mol. The molecular weight excluding hydrogens is 274 g/mol. The quantitative estimate of drug-likeness (QED) is 0.879. The van der Waals surface area contributed by atoms with E-state index >= 15 is 0 Å². The Morgan fingerprint density at radius 2 is 1.82 bits per heavy atom. The highest BCUT2D eigenvalue weighted by Gasteiger charge is 2.12. The summed E-state index contributed by atoms with van der Waals surface area (Å²) in [6.07, 6.45) is 11.7. The fourth-order valence-corrected chi connectivity index (χ4v) is 3.07. The first kappa shape index (κ1) is 16.9. The Hall–Kier alpha value is -1.42. The van der Waals surface area contributed by atoms with Crippen molar-refractivity contribution in [3.8, 4) is 0 Å². The molecule has 1 aliphatic heterocycles. The SMILES string of the molecule is C[C@@H](Cc1ccncc1)NC(=O)CCN1CCCCCCC1. The smallest absolute Gasteiger partial charge is 0.221 e. The molecule has 1 aliphatic rings. The molecule has 0 saturated carbocycles. The van der Waals surface area contributed by atoms with Crippen LogP contribution in [0.3, 0.4) is 0 Å². The number of carbonyl (C=O) groups excluding carboxylic acids is 1. The maximum absolute atomic E-state index is 12.1. The summed E-state index contributed by atoms with van der Waals surface area (Å²) < 4.78 is 0. The summed E-state index contributed by atoms with van der Waals surface area (Å²) in [6.45, 7) is 5.27.